The molecule has 0 saturated heterocycles. The zero-order chi connectivity index (χ0) is 28.1. The van der Waals surface area contributed by atoms with Gasteiger partial charge in [-0.25, -0.2) is 0 Å². The van der Waals surface area contributed by atoms with E-state index >= 15 is 0 Å². The van der Waals surface area contributed by atoms with Crippen LogP contribution in [-0.2, 0) is 4.79 Å². The molecule has 0 aromatic heterocycles. The van der Waals surface area contributed by atoms with Crippen molar-refractivity contribution in [3.8, 4) is 0 Å². The summed E-state index contributed by atoms with van der Waals surface area (Å²) in [6, 6.07) is 0. The third-order valence-corrected chi connectivity index (χ3v) is 8.18. The average Bonchev–Trinajstić information content (AvgIpc) is 2.92. The van der Waals surface area contributed by atoms with Gasteiger partial charge in [0.1, 0.15) is 0 Å². The SMILES string of the molecule is CCCCCCCCCCCCCCN(CC(O)CO)C(=O)CCC(C)CCCCCCCCCCCC. The van der Waals surface area contributed by atoms with Crippen molar-refractivity contribution in [3.63, 3.8) is 0 Å². The zero-order valence-corrected chi connectivity index (χ0v) is 26.2. The highest BCUT2D eigenvalue weighted by molar-refractivity contribution is 5.76. The highest BCUT2D eigenvalue weighted by Gasteiger charge is 2.17. The van der Waals surface area contributed by atoms with E-state index in [4.69, 9.17) is 0 Å². The van der Waals surface area contributed by atoms with Gasteiger partial charge >= 0.3 is 0 Å². The number of hydrogen-bond donors (Lipinski definition) is 2. The zero-order valence-electron chi connectivity index (χ0n) is 26.2. The van der Waals surface area contributed by atoms with Gasteiger partial charge in [0.2, 0.25) is 5.91 Å². The first kappa shape index (κ1) is 37.4. The molecule has 0 saturated carbocycles. The Morgan fingerprint density at radius 1 is 0.605 bits per heavy atom. The normalized spacial score (nSPS) is 13.1. The Hall–Kier alpha value is -0.610. The first-order valence-corrected chi connectivity index (χ1v) is 17.1. The molecular weight excluding hydrogens is 470 g/mol. The summed E-state index contributed by atoms with van der Waals surface area (Å²) < 4.78 is 0. The van der Waals surface area contributed by atoms with Crippen molar-refractivity contribution in [1.82, 2.24) is 4.90 Å². The van der Waals surface area contributed by atoms with Crippen molar-refractivity contribution in [2.75, 3.05) is 19.7 Å². The minimum atomic E-state index is -0.833. The molecule has 1 amide bonds. The van der Waals surface area contributed by atoms with E-state index in [0.717, 1.165) is 19.3 Å². The topological polar surface area (TPSA) is 60.8 Å². The summed E-state index contributed by atoms with van der Waals surface area (Å²) in [5.41, 5.74) is 0. The highest BCUT2D eigenvalue weighted by atomic mass is 16.3. The summed E-state index contributed by atoms with van der Waals surface area (Å²) in [5, 5.41) is 19.3. The summed E-state index contributed by atoms with van der Waals surface area (Å²) in [7, 11) is 0. The van der Waals surface area contributed by atoms with Crippen molar-refractivity contribution < 1.29 is 15.0 Å². The summed E-state index contributed by atoms with van der Waals surface area (Å²) >= 11 is 0. The Kier molecular flexibility index (Phi) is 28.9. The van der Waals surface area contributed by atoms with Gasteiger partial charge in [0.15, 0.2) is 0 Å². The van der Waals surface area contributed by atoms with Gasteiger partial charge in [-0.1, -0.05) is 162 Å². The molecule has 2 N–H and O–H groups in total. The Labute approximate surface area is 238 Å². The van der Waals surface area contributed by atoms with Crippen LogP contribution in [0, 0.1) is 5.92 Å². The number of carbonyl (C=O) groups is 1. The molecule has 0 aliphatic carbocycles. The minimum absolute atomic E-state index is 0.149. The van der Waals surface area contributed by atoms with Crippen LogP contribution in [0.4, 0.5) is 0 Å². The van der Waals surface area contributed by atoms with Gasteiger partial charge in [0, 0.05) is 19.5 Å². The molecule has 0 aliphatic heterocycles. The molecule has 0 aromatic carbocycles. The highest BCUT2D eigenvalue weighted by Crippen LogP contribution is 2.18. The summed E-state index contributed by atoms with van der Waals surface area (Å²) in [4.78, 5) is 14.7. The Morgan fingerprint density at radius 2 is 1.00 bits per heavy atom. The van der Waals surface area contributed by atoms with Crippen LogP contribution in [0.3, 0.4) is 0 Å². The lowest BCUT2D eigenvalue weighted by atomic mass is 9.97. The van der Waals surface area contributed by atoms with E-state index in [1.807, 2.05) is 4.90 Å². The fourth-order valence-electron chi connectivity index (χ4n) is 5.43. The van der Waals surface area contributed by atoms with Crippen LogP contribution in [0.5, 0.6) is 0 Å². The van der Waals surface area contributed by atoms with Crippen molar-refractivity contribution >= 4 is 5.91 Å². The van der Waals surface area contributed by atoms with Crippen LogP contribution < -0.4 is 0 Å². The van der Waals surface area contributed by atoms with Crippen molar-refractivity contribution in [3.05, 3.63) is 0 Å². The fourth-order valence-corrected chi connectivity index (χ4v) is 5.43. The number of unbranched alkanes of at least 4 members (excludes halogenated alkanes) is 20. The maximum atomic E-state index is 12.9. The lowest BCUT2D eigenvalue weighted by Crippen LogP contribution is -2.39. The van der Waals surface area contributed by atoms with Gasteiger partial charge < -0.3 is 15.1 Å². The van der Waals surface area contributed by atoms with E-state index in [1.54, 1.807) is 0 Å². The largest absolute Gasteiger partial charge is 0.394 e. The van der Waals surface area contributed by atoms with E-state index < -0.39 is 6.10 Å². The lowest BCUT2D eigenvalue weighted by Gasteiger charge is -2.25. The molecule has 4 heteroatoms. The van der Waals surface area contributed by atoms with Crippen molar-refractivity contribution in [1.29, 1.82) is 0 Å². The van der Waals surface area contributed by atoms with Gasteiger partial charge in [-0.2, -0.15) is 0 Å². The van der Waals surface area contributed by atoms with Crippen molar-refractivity contribution in [2.24, 2.45) is 5.92 Å². The van der Waals surface area contributed by atoms with Crippen LogP contribution in [0.1, 0.15) is 181 Å². The number of nitrogens with zero attached hydrogens (tertiary/aromatic N) is 1. The van der Waals surface area contributed by atoms with Gasteiger partial charge in [0.05, 0.1) is 12.7 Å². The van der Waals surface area contributed by atoms with Crippen LogP contribution in [0.15, 0.2) is 0 Å². The predicted octanol–water partition coefficient (Wildman–Crippen LogP) is 9.60. The first-order chi connectivity index (χ1) is 18.5. The quantitative estimate of drug-likeness (QED) is 0.0893. The molecule has 0 rings (SSSR count). The molecule has 0 spiro atoms. The van der Waals surface area contributed by atoms with E-state index in [-0.39, 0.29) is 19.1 Å². The second-order valence-electron chi connectivity index (χ2n) is 12.2. The average molecular weight is 540 g/mol. The molecule has 228 valence electrons. The maximum absolute atomic E-state index is 12.9. The smallest absolute Gasteiger partial charge is 0.222 e. The van der Waals surface area contributed by atoms with Gasteiger partial charge in [-0.3, -0.25) is 4.79 Å². The Balaban J connectivity index is 3.92. The third kappa shape index (κ3) is 25.7. The molecule has 0 radical (unpaired) electrons. The van der Waals surface area contributed by atoms with Crippen LogP contribution in [0.2, 0.25) is 0 Å². The van der Waals surface area contributed by atoms with Gasteiger partial charge in [-0.05, 0) is 18.8 Å². The van der Waals surface area contributed by atoms with E-state index in [2.05, 4.69) is 20.8 Å². The number of amides is 1. The van der Waals surface area contributed by atoms with Gasteiger partial charge in [-0.15, -0.1) is 0 Å². The second kappa shape index (κ2) is 29.4. The number of hydrogen-bond acceptors (Lipinski definition) is 3. The second-order valence-corrected chi connectivity index (χ2v) is 12.2. The lowest BCUT2D eigenvalue weighted by molar-refractivity contribution is -0.133. The van der Waals surface area contributed by atoms with Crippen LogP contribution in [0.25, 0.3) is 0 Å². The minimum Gasteiger partial charge on any atom is -0.394 e. The van der Waals surface area contributed by atoms with E-state index in [9.17, 15) is 15.0 Å². The molecule has 0 fully saturated rings. The third-order valence-electron chi connectivity index (χ3n) is 8.18. The number of aliphatic hydroxyl groups excluding tert-OH is 2. The summed E-state index contributed by atoms with van der Waals surface area (Å²) in [6.07, 6.45) is 31.1. The molecule has 0 aromatic rings. The van der Waals surface area contributed by atoms with Gasteiger partial charge in [0.25, 0.3) is 0 Å². The Bertz CT molecular complexity index is 484. The van der Waals surface area contributed by atoms with E-state index in [0.29, 0.717) is 18.9 Å². The Morgan fingerprint density at radius 3 is 1.42 bits per heavy atom. The molecule has 2 unspecified atom stereocenters. The molecular formula is C34H69NO3. The number of aliphatic hydroxyl groups is 2. The molecule has 0 bridgehead atoms. The van der Waals surface area contributed by atoms with Crippen LogP contribution in [-0.4, -0.2) is 46.8 Å². The molecule has 38 heavy (non-hydrogen) atoms. The van der Waals surface area contributed by atoms with Crippen molar-refractivity contribution in [2.45, 2.75) is 187 Å². The number of rotatable bonds is 30. The standard InChI is InChI=1S/C34H69NO3/c1-4-6-8-10-12-14-16-17-19-21-23-25-29-35(30-33(37)31-36)34(38)28-27-32(3)26-24-22-20-18-15-13-11-9-7-5-2/h32-33,36-37H,4-31H2,1-3H3. The molecule has 2 atom stereocenters. The van der Waals surface area contributed by atoms with E-state index in [1.165, 1.54) is 135 Å². The van der Waals surface area contributed by atoms with Crippen LogP contribution >= 0.6 is 0 Å². The predicted molar refractivity (Wildman–Crippen MR) is 166 cm³/mol. The molecule has 4 nitrogen and oxygen atoms in total. The summed E-state index contributed by atoms with van der Waals surface area (Å²) in [5.74, 6) is 0.722. The fraction of sp³-hybridized carbons (Fsp3) is 0.971. The maximum Gasteiger partial charge on any atom is 0.222 e. The molecule has 0 heterocycles. The summed E-state index contributed by atoms with van der Waals surface area (Å²) in [6.45, 7) is 7.51. The number of carbonyl (C=O) groups excluding carboxylic acids is 1. The molecule has 0 aliphatic rings. The first-order valence-electron chi connectivity index (χ1n) is 17.1. The monoisotopic (exact) mass is 540 g/mol.